The van der Waals surface area contributed by atoms with Gasteiger partial charge in [-0.1, -0.05) is 84.7 Å². The van der Waals surface area contributed by atoms with Gasteiger partial charge in [0, 0.05) is 41.5 Å². The van der Waals surface area contributed by atoms with E-state index >= 15 is 0 Å². The van der Waals surface area contributed by atoms with Crippen LogP contribution in [0.5, 0.6) is 5.75 Å². The standard InChI is InChI=1S/C29H32Cl2N2O3/c1-2-18-32-29(35)27(20-22-11-5-3-6-12-22)33(21-24-25(30)15-9-16-26(24)31)28(34)17-10-19-36-23-13-7-4-8-14-23/h3-9,11-16,27H,2,10,17-21H2,1H3,(H,32,35). The van der Waals surface area contributed by atoms with Gasteiger partial charge in [-0.25, -0.2) is 0 Å². The molecule has 36 heavy (non-hydrogen) atoms. The normalized spacial score (nSPS) is 11.5. The van der Waals surface area contributed by atoms with Crippen molar-refractivity contribution in [3.8, 4) is 5.75 Å². The third kappa shape index (κ3) is 8.28. The Labute approximate surface area is 223 Å². The second kappa shape index (κ2) is 14.5. The summed E-state index contributed by atoms with van der Waals surface area (Å²) in [5.41, 5.74) is 1.58. The molecule has 5 nitrogen and oxygen atoms in total. The van der Waals surface area contributed by atoms with E-state index in [-0.39, 0.29) is 24.8 Å². The van der Waals surface area contributed by atoms with Crippen LogP contribution in [0.1, 0.15) is 37.3 Å². The summed E-state index contributed by atoms with van der Waals surface area (Å²) in [5.74, 6) is 0.401. The van der Waals surface area contributed by atoms with E-state index in [0.29, 0.717) is 41.6 Å². The van der Waals surface area contributed by atoms with Crippen molar-refractivity contribution in [3.05, 3.63) is 100 Å². The van der Waals surface area contributed by atoms with E-state index in [1.165, 1.54) is 0 Å². The van der Waals surface area contributed by atoms with Gasteiger partial charge < -0.3 is 15.0 Å². The minimum atomic E-state index is -0.714. The topological polar surface area (TPSA) is 58.6 Å². The van der Waals surface area contributed by atoms with E-state index in [1.807, 2.05) is 67.6 Å². The third-order valence-electron chi connectivity index (χ3n) is 5.76. The molecule has 1 atom stereocenters. The molecule has 7 heteroatoms. The van der Waals surface area contributed by atoms with Gasteiger partial charge in [-0.2, -0.15) is 0 Å². The number of nitrogens with one attached hydrogen (secondary N) is 1. The fourth-order valence-corrected chi connectivity index (χ4v) is 4.36. The molecule has 2 amide bonds. The van der Waals surface area contributed by atoms with E-state index in [2.05, 4.69) is 5.32 Å². The molecule has 1 N–H and O–H groups in total. The minimum absolute atomic E-state index is 0.133. The smallest absolute Gasteiger partial charge is 0.243 e. The number of carbonyl (C=O) groups is 2. The second-order valence-corrected chi connectivity index (χ2v) is 9.30. The number of rotatable bonds is 13. The zero-order chi connectivity index (χ0) is 25.8. The molecule has 190 valence electrons. The van der Waals surface area contributed by atoms with Crippen LogP contribution in [0.2, 0.25) is 10.0 Å². The summed E-state index contributed by atoms with van der Waals surface area (Å²) in [6, 6.07) is 23.7. The average molecular weight is 527 g/mol. The minimum Gasteiger partial charge on any atom is -0.494 e. The maximum atomic E-state index is 13.6. The summed E-state index contributed by atoms with van der Waals surface area (Å²) in [6.07, 6.45) is 1.91. The lowest BCUT2D eigenvalue weighted by atomic mass is 10.0. The Kier molecular flexibility index (Phi) is 11.1. The molecular formula is C29H32Cl2N2O3. The van der Waals surface area contributed by atoms with E-state index in [4.69, 9.17) is 27.9 Å². The van der Waals surface area contributed by atoms with Gasteiger partial charge >= 0.3 is 0 Å². The number of nitrogens with zero attached hydrogens (tertiary/aromatic N) is 1. The van der Waals surface area contributed by atoms with E-state index in [0.717, 1.165) is 17.7 Å². The molecule has 3 aromatic rings. The molecule has 0 aromatic heterocycles. The van der Waals surface area contributed by atoms with Crippen molar-refractivity contribution in [1.82, 2.24) is 10.2 Å². The van der Waals surface area contributed by atoms with Crippen molar-refractivity contribution in [1.29, 1.82) is 0 Å². The van der Waals surface area contributed by atoms with Crippen molar-refractivity contribution in [2.45, 2.75) is 45.2 Å². The second-order valence-electron chi connectivity index (χ2n) is 8.48. The summed E-state index contributed by atoms with van der Waals surface area (Å²) < 4.78 is 5.76. The largest absolute Gasteiger partial charge is 0.494 e. The van der Waals surface area contributed by atoms with Gasteiger partial charge in [0.15, 0.2) is 0 Å². The summed E-state index contributed by atoms with van der Waals surface area (Å²) >= 11 is 12.9. The number of hydrogen-bond acceptors (Lipinski definition) is 3. The average Bonchev–Trinajstić information content (AvgIpc) is 2.89. The monoisotopic (exact) mass is 526 g/mol. The van der Waals surface area contributed by atoms with Crippen molar-refractivity contribution in [2.75, 3.05) is 13.2 Å². The van der Waals surface area contributed by atoms with Crippen molar-refractivity contribution in [2.24, 2.45) is 0 Å². The highest BCUT2D eigenvalue weighted by Gasteiger charge is 2.31. The SMILES string of the molecule is CCCNC(=O)C(Cc1ccccc1)N(Cc1c(Cl)cccc1Cl)C(=O)CCCOc1ccccc1. The van der Waals surface area contributed by atoms with Crippen molar-refractivity contribution >= 4 is 35.0 Å². The number of ether oxygens (including phenoxy) is 1. The van der Waals surface area contributed by atoms with Gasteiger partial charge in [0.25, 0.3) is 0 Å². The highest BCUT2D eigenvalue weighted by molar-refractivity contribution is 6.36. The predicted octanol–water partition coefficient (Wildman–Crippen LogP) is 6.32. The van der Waals surface area contributed by atoms with Crippen molar-refractivity contribution < 1.29 is 14.3 Å². The Morgan fingerprint density at radius 3 is 2.19 bits per heavy atom. The van der Waals surface area contributed by atoms with Crippen LogP contribution in [0.4, 0.5) is 0 Å². The maximum absolute atomic E-state index is 13.6. The van der Waals surface area contributed by atoms with Gasteiger partial charge in [0.1, 0.15) is 11.8 Å². The molecule has 0 aliphatic rings. The number of para-hydroxylation sites is 1. The Balaban J connectivity index is 1.83. The highest BCUT2D eigenvalue weighted by atomic mass is 35.5. The van der Waals surface area contributed by atoms with E-state index < -0.39 is 6.04 Å². The van der Waals surface area contributed by atoms with Gasteiger partial charge in [-0.15, -0.1) is 0 Å². The molecule has 0 bridgehead atoms. The molecule has 0 aliphatic heterocycles. The molecule has 0 saturated carbocycles. The van der Waals surface area contributed by atoms with Crippen LogP contribution in [-0.4, -0.2) is 35.9 Å². The van der Waals surface area contributed by atoms with Gasteiger partial charge in [0.05, 0.1) is 6.61 Å². The fourth-order valence-electron chi connectivity index (χ4n) is 3.85. The number of carbonyl (C=O) groups excluding carboxylic acids is 2. The first-order valence-corrected chi connectivity index (χ1v) is 13.0. The Hall–Kier alpha value is -3.02. The third-order valence-corrected chi connectivity index (χ3v) is 6.47. The van der Waals surface area contributed by atoms with Crippen LogP contribution in [0.25, 0.3) is 0 Å². The van der Waals surface area contributed by atoms with Crippen LogP contribution in [0, 0.1) is 0 Å². The van der Waals surface area contributed by atoms with Gasteiger partial charge in [-0.05, 0) is 42.7 Å². The maximum Gasteiger partial charge on any atom is 0.243 e. The quantitative estimate of drug-likeness (QED) is 0.265. The van der Waals surface area contributed by atoms with Crippen LogP contribution < -0.4 is 10.1 Å². The predicted molar refractivity (Wildman–Crippen MR) is 145 cm³/mol. The van der Waals surface area contributed by atoms with E-state index in [1.54, 1.807) is 23.1 Å². The molecule has 0 heterocycles. The van der Waals surface area contributed by atoms with Crippen molar-refractivity contribution in [3.63, 3.8) is 0 Å². The summed E-state index contributed by atoms with van der Waals surface area (Å²) in [5, 5.41) is 3.89. The molecule has 0 aliphatic carbocycles. The Bertz CT molecular complexity index is 1090. The lowest BCUT2D eigenvalue weighted by molar-refractivity contribution is -0.141. The number of halogens is 2. The molecule has 3 rings (SSSR count). The number of hydrogen-bond donors (Lipinski definition) is 1. The number of amides is 2. The molecular weight excluding hydrogens is 495 g/mol. The van der Waals surface area contributed by atoms with Crippen LogP contribution in [0.3, 0.4) is 0 Å². The lowest BCUT2D eigenvalue weighted by Crippen LogP contribution is -2.50. The molecule has 0 radical (unpaired) electrons. The molecule has 3 aromatic carbocycles. The molecule has 1 unspecified atom stereocenters. The summed E-state index contributed by atoms with van der Waals surface area (Å²) in [4.78, 5) is 28.5. The Morgan fingerprint density at radius 2 is 1.56 bits per heavy atom. The first-order chi connectivity index (χ1) is 17.5. The van der Waals surface area contributed by atoms with Crippen LogP contribution >= 0.6 is 23.2 Å². The molecule has 0 spiro atoms. The first-order valence-electron chi connectivity index (χ1n) is 12.2. The van der Waals surface area contributed by atoms with Crippen LogP contribution in [0.15, 0.2) is 78.9 Å². The van der Waals surface area contributed by atoms with Crippen LogP contribution in [-0.2, 0) is 22.6 Å². The Morgan fingerprint density at radius 1 is 0.917 bits per heavy atom. The first kappa shape index (κ1) is 27.6. The molecule has 0 fully saturated rings. The zero-order valence-corrected chi connectivity index (χ0v) is 22.0. The fraction of sp³-hybridized carbons (Fsp3) is 0.310. The van der Waals surface area contributed by atoms with E-state index in [9.17, 15) is 9.59 Å². The van der Waals surface area contributed by atoms with Gasteiger partial charge in [0.2, 0.25) is 11.8 Å². The highest BCUT2D eigenvalue weighted by Crippen LogP contribution is 2.27. The zero-order valence-electron chi connectivity index (χ0n) is 20.5. The molecule has 0 saturated heterocycles. The lowest BCUT2D eigenvalue weighted by Gasteiger charge is -2.32. The summed E-state index contributed by atoms with van der Waals surface area (Å²) in [7, 11) is 0. The number of benzene rings is 3. The van der Waals surface area contributed by atoms with Gasteiger partial charge in [-0.3, -0.25) is 9.59 Å². The summed E-state index contributed by atoms with van der Waals surface area (Å²) in [6.45, 7) is 3.05.